The lowest BCUT2D eigenvalue weighted by molar-refractivity contribution is 0.194. The van der Waals surface area contributed by atoms with Crippen LogP contribution in [0.15, 0.2) is 71.1 Å². The van der Waals surface area contributed by atoms with Crippen LogP contribution < -0.4 is 0 Å². The van der Waals surface area contributed by atoms with Gasteiger partial charge in [0.25, 0.3) is 0 Å². The molecule has 0 saturated heterocycles. The molecule has 0 radical (unpaired) electrons. The molecular weight excluding hydrogens is 338 g/mol. The monoisotopic (exact) mass is 377 g/mol. The van der Waals surface area contributed by atoms with E-state index in [4.69, 9.17) is 0 Å². The van der Waals surface area contributed by atoms with Crippen molar-refractivity contribution in [3.8, 4) is 0 Å². The average molecular weight is 378 g/mol. The fraction of sp³-hybridized carbons (Fsp3) is 0.556. The number of hydrogen-bond donors (Lipinski definition) is 0. The highest BCUT2D eigenvalue weighted by molar-refractivity contribution is 5.59. The maximum atomic E-state index is 4.67. The summed E-state index contributed by atoms with van der Waals surface area (Å²) < 4.78 is 0. The number of nitrogens with zero attached hydrogens (tertiary/aromatic N) is 1. The first-order chi connectivity index (χ1) is 13.1. The summed E-state index contributed by atoms with van der Waals surface area (Å²) in [6.45, 7) is 23.3. The van der Waals surface area contributed by atoms with Crippen LogP contribution in [-0.2, 0) is 0 Å². The van der Waals surface area contributed by atoms with Crippen molar-refractivity contribution in [2.75, 3.05) is 7.05 Å². The van der Waals surface area contributed by atoms with Crippen molar-refractivity contribution in [2.45, 2.75) is 67.2 Å². The second kappa shape index (κ2) is 7.25. The van der Waals surface area contributed by atoms with Gasteiger partial charge in [-0.1, -0.05) is 77.2 Å². The zero-order valence-electron chi connectivity index (χ0n) is 19.2. The zero-order chi connectivity index (χ0) is 20.9. The number of hydrogen-bond acceptors (Lipinski definition) is 1. The largest absolute Gasteiger partial charge is 0.348 e. The summed E-state index contributed by atoms with van der Waals surface area (Å²) in [7, 11) is 2.21. The summed E-state index contributed by atoms with van der Waals surface area (Å²) in [6, 6.07) is 0. The first-order valence-electron chi connectivity index (χ1n) is 10.9. The topological polar surface area (TPSA) is 3.24 Å². The van der Waals surface area contributed by atoms with E-state index in [-0.39, 0.29) is 10.8 Å². The van der Waals surface area contributed by atoms with Gasteiger partial charge in [0.2, 0.25) is 0 Å². The number of likely N-dealkylation sites (N-methyl/N-ethyl adjacent to an activating group) is 1. The Morgan fingerprint density at radius 3 is 2.36 bits per heavy atom. The highest BCUT2D eigenvalue weighted by Crippen LogP contribution is 2.63. The molecule has 0 spiro atoms. The molecule has 0 aromatic carbocycles. The number of rotatable bonds is 3. The van der Waals surface area contributed by atoms with Crippen LogP contribution in [0, 0.1) is 22.7 Å². The Morgan fingerprint density at radius 2 is 1.79 bits per heavy atom. The van der Waals surface area contributed by atoms with Gasteiger partial charge in [0.1, 0.15) is 0 Å². The van der Waals surface area contributed by atoms with Gasteiger partial charge in [-0.2, -0.15) is 0 Å². The van der Waals surface area contributed by atoms with Gasteiger partial charge in [-0.15, -0.1) is 0 Å². The highest BCUT2D eigenvalue weighted by Gasteiger charge is 2.53. The Kier molecular flexibility index (Phi) is 5.42. The first-order valence-corrected chi connectivity index (χ1v) is 10.9. The lowest BCUT2D eigenvalue weighted by atomic mass is 9.52. The van der Waals surface area contributed by atoms with Crippen LogP contribution in [0.3, 0.4) is 0 Å². The van der Waals surface area contributed by atoms with Gasteiger partial charge in [-0.25, -0.2) is 0 Å². The molecule has 3 rings (SSSR count). The molecule has 152 valence electrons. The van der Waals surface area contributed by atoms with Gasteiger partial charge in [0, 0.05) is 23.9 Å². The van der Waals surface area contributed by atoms with Crippen molar-refractivity contribution in [2.24, 2.45) is 22.7 Å². The SMILES string of the molecule is C=C1CC(C)(C)CC2=C1C(CCC)(C1C=CC=CC1C)C(=C(C)C)C(=C)N2C. The third-order valence-corrected chi connectivity index (χ3v) is 7.09. The van der Waals surface area contributed by atoms with Crippen molar-refractivity contribution in [1.29, 1.82) is 0 Å². The van der Waals surface area contributed by atoms with Crippen LogP contribution in [0.25, 0.3) is 0 Å². The Labute approximate surface area is 173 Å². The van der Waals surface area contributed by atoms with Crippen molar-refractivity contribution >= 4 is 0 Å². The van der Waals surface area contributed by atoms with Crippen molar-refractivity contribution in [3.05, 3.63) is 71.1 Å². The molecule has 0 amide bonds. The molecule has 0 N–H and O–H groups in total. The number of allylic oxidation sites excluding steroid dienone is 9. The first kappa shape index (κ1) is 21.0. The molecule has 2 aliphatic carbocycles. The van der Waals surface area contributed by atoms with Gasteiger partial charge in [-0.05, 0) is 67.1 Å². The van der Waals surface area contributed by atoms with Gasteiger partial charge in [-0.3, -0.25) is 0 Å². The third kappa shape index (κ3) is 3.08. The smallest absolute Gasteiger partial charge is 0.0373 e. The summed E-state index contributed by atoms with van der Waals surface area (Å²) >= 11 is 0. The summed E-state index contributed by atoms with van der Waals surface area (Å²) in [5.74, 6) is 0.939. The van der Waals surface area contributed by atoms with Crippen LogP contribution >= 0.6 is 0 Å². The van der Waals surface area contributed by atoms with Gasteiger partial charge >= 0.3 is 0 Å². The Balaban J connectivity index is 2.40. The quantitative estimate of drug-likeness (QED) is 0.490. The van der Waals surface area contributed by atoms with Crippen LogP contribution in [0.1, 0.15) is 67.2 Å². The van der Waals surface area contributed by atoms with Crippen LogP contribution in [0.5, 0.6) is 0 Å². The molecule has 1 aliphatic heterocycles. The van der Waals surface area contributed by atoms with Crippen LogP contribution in [0.2, 0.25) is 0 Å². The molecule has 0 bridgehead atoms. The Hall–Kier alpha value is -1.76. The third-order valence-electron chi connectivity index (χ3n) is 7.09. The zero-order valence-corrected chi connectivity index (χ0v) is 19.2. The Bertz CT molecular complexity index is 809. The lowest BCUT2D eigenvalue weighted by Gasteiger charge is -2.56. The van der Waals surface area contributed by atoms with E-state index in [1.165, 1.54) is 33.7 Å². The summed E-state index contributed by atoms with van der Waals surface area (Å²) in [5.41, 5.74) is 8.58. The Morgan fingerprint density at radius 1 is 1.14 bits per heavy atom. The van der Waals surface area contributed by atoms with Gasteiger partial charge in [0.05, 0.1) is 0 Å². The summed E-state index contributed by atoms with van der Waals surface area (Å²) in [5, 5.41) is 0. The van der Waals surface area contributed by atoms with E-state index in [9.17, 15) is 0 Å². The average Bonchev–Trinajstić information content (AvgIpc) is 2.58. The standard InChI is InChI=1S/C27H39N/c1-10-15-27(22-14-12-11-13-19(22)4)24(18(2)3)21(6)28(9)23-17-26(7,8)16-20(5)25(23)27/h11-14,19,22H,5-6,10,15-17H2,1-4,7-9H3. The molecular formula is C27H39N. The minimum Gasteiger partial charge on any atom is -0.348 e. The van der Waals surface area contributed by atoms with Crippen LogP contribution in [-0.4, -0.2) is 11.9 Å². The highest BCUT2D eigenvalue weighted by atomic mass is 15.1. The minimum absolute atomic E-state index is 0.0270. The van der Waals surface area contributed by atoms with E-state index in [1.54, 1.807) is 0 Å². The van der Waals surface area contributed by atoms with E-state index in [0.717, 1.165) is 25.7 Å². The van der Waals surface area contributed by atoms with Crippen molar-refractivity contribution < 1.29 is 0 Å². The van der Waals surface area contributed by atoms with Gasteiger partial charge < -0.3 is 4.90 Å². The molecule has 3 aliphatic rings. The van der Waals surface area contributed by atoms with E-state index in [0.29, 0.717) is 11.8 Å². The molecule has 0 aromatic rings. The van der Waals surface area contributed by atoms with Crippen molar-refractivity contribution in [3.63, 3.8) is 0 Å². The molecule has 1 heterocycles. The maximum absolute atomic E-state index is 4.67. The van der Waals surface area contributed by atoms with E-state index >= 15 is 0 Å². The summed E-state index contributed by atoms with van der Waals surface area (Å²) in [6.07, 6.45) is 13.8. The fourth-order valence-corrected chi connectivity index (χ4v) is 6.26. The molecule has 28 heavy (non-hydrogen) atoms. The molecule has 1 nitrogen and oxygen atoms in total. The molecule has 0 fully saturated rings. The molecule has 0 saturated carbocycles. The minimum atomic E-state index is -0.0270. The molecule has 3 atom stereocenters. The van der Waals surface area contributed by atoms with E-state index < -0.39 is 0 Å². The van der Waals surface area contributed by atoms with Crippen molar-refractivity contribution in [1.82, 2.24) is 4.90 Å². The maximum Gasteiger partial charge on any atom is 0.0373 e. The molecule has 3 unspecified atom stereocenters. The molecule has 0 aromatic heterocycles. The second-order valence-corrected chi connectivity index (χ2v) is 10.2. The van der Waals surface area contributed by atoms with E-state index in [2.05, 4.69) is 91.0 Å². The lowest BCUT2D eigenvalue weighted by Crippen LogP contribution is -2.48. The normalized spacial score (nSPS) is 32.1. The predicted molar refractivity (Wildman–Crippen MR) is 123 cm³/mol. The fourth-order valence-electron chi connectivity index (χ4n) is 6.26. The predicted octanol–water partition coefficient (Wildman–Crippen LogP) is 7.58. The molecule has 1 heteroatoms. The van der Waals surface area contributed by atoms with Crippen LogP contribution in [0.4, 0.5) is 0 Å². The van der Waals surface area contributed by atoms with E-state index in [1.807, 2.05) is 0 Å². The van der Waals surface area contributed by atoms with Gasteiger partial charge in [0.15, 0.2) is 0 Å². The summed E-state index contributed by atoms with van der Waals surface area (Å²) in [4.78, 5) is 2.38. The second-order valence-electron chi connectivity index (χ2n) is 10.2.